The number of rotatable bonds is 2. The van der Waals surface area contributed by atoms with E-state index in [0.717, 1.165) is 42.5 Å². The summed E-state index contributed by atoms with van der Waals surface area (Å²) in [6, 6.07) is 1.44. The van der Waals surface area contributed by atoms with Gasteiger partial charge in [-0.3, -0.25) is 9.98 Å². The van der Waals surface area contributed by atoms with Crippen LogP contribution in [0.5, 0.6) is 0 Å². The third-order valence-electron chi connectivity index (χ3n) is 4.44. The van der Waals surface area contributed by atoms with Gasteiger partial charge in [0.1, 0.15) is 0 Å². The molecule has 0 aromatic carbocycles. The number of aliphatic imine (C=N–C) groups is 2. The van der Waals surface area contributed by atoms with Gasteiger partial charge in [0, 0.05) is 11.4 Å². The molecule has 4 atom stereocenters. The van der Waals surface area contributed by atoms with Crippen molar-refractivity contribution in [1.82, 2.24) is 10.2 Å². The molecule has 0 aromatic rings. The number of amidine groups is 2. The number of nitrogens with one attached hydrogen (secondary N) is 1. The Bertz CT molecular complexity index is 564. The van der Waals surface area contributed by atoms with Gasteiger partial charge in [-0.2, -0.15) is 0 Å². The largest absolute Gasteiger partial charge is 0.377 e. The molecule has 0 saturated carbocycles. The molecule has 0 radical (unpaired) electrons. The van der Waals surface area contributed by atoms with Crippen molar-refractivity contribution in [2.45, 2.75) is 24.2 Å². The van der Waals surface area contributed by atoms with E-state index in [4.69, 9.17) is 19.5 Å². The molecule has 5 rings (SSSR count). The minimum atomic E-state index is 0.316. The number of hydrogen-bond acceptors (Lipinski definition) is 8. The quantitative estimate of drug-likeness (QED) is 0.797. The lowest BCUT2D eigenvalue weighted by Crippen LogP contribution is -2.37. The van der Waals surface area contributed by atoms with Gasteiger partial charge >= 0.3 is 0 Å². The van der Waals surface area contributed by atoms with Gasteiger partial charge in [0.2, 0.25) is 0 Å². The number of thioether (sulfide) groups is 2. The highest BCUT2D eigenvalue weighted by Gasteiger charge is 2.44. The fourth-order valence-electron chi connectivity index (χ4n) is 3.33. The predicted octanol–water partition coefficient (Wildman–Crippen LogP) is 0.473. The molecule has 5 heterocycles. The lowest BCUT2D eigenvalue weighted by atomic mass is 10.2. The number of ether oxygens (including phenoxy) is 2. The normalized spacial score (nSPS) is 39.6. The molecule has 0 amide bonds. The minimum absolute atomic E-state index is 0.316. The van der Waals surface area contributed by atoms with Crippen LogP contribution in [0.3, 0.4) is 0 Å². The second-order valence-corrected chi connectivity index (χ2v) is 7.56. The van der Waals surface area contributed by atoms with E-state index in [0.29, 0.717) is 24.2 Å². The molecule has 8 heteroatoms. The van der Waals surface area contributed by atoms with Gasteiger partial charge in [-0.1, -0.05) is 23.5 Å². The molecule has 0 unspecified atom stereocenters. The highest BCUT2D eigenvalue weighted by atomic mass is 32.2. The zero-order valence-electron chi connectivity index (χ0n) is 11.4. The van der Waals surface area contributed by atoms with Crippen molar-refractivity contribution in [3.05, 3.63) is 11.1 Å². The minimum Gasteiger partial charge on any atom is -0.377 e. The molecule has 0 spiro atoms. The number of hydrogen-bond donors (Lipinski definition) is 1. The summed E-state index contributed by atoms with van der Waals surface area (Å²) in [6.07, 6.45) is 0. The van der Waals surface area contributed by atoms with E-state index >= 15 is 0 Å². The molecule has 6 nitrogen and oxygen atoms in total. The van der Waals surface area contributed by atoms with Crippen LogP contribution in [0.15, 0.2) is 21.1 Å². The van der Waals surface area contributed by atoms with Crippen LogP contribution in [0.1, 0.15) is 0 Å². The van der Waals surface area contributed by atoms with Gasteiger partial charge < -0.3 is 19.7 Å². The van der Waals surface area contributed by atoms with Crippen LogP contribution >= 0.6 is 23.5 Å². The van der Waals surface area contributed by atoms with E-state index < -0.39 is 0 Å². The summed E-state index contributed by atoms with van der Waals surface area (Å²) in [5.41, 5.74) is 1.33. The standard InChI is InChI=1S/C13H16N4O2S2/c1-8-9(2-18-1)15-12(14-8)20-5-7-6-21-13-16-10-3-19-4-11(10)17(7)13/h6,8-11H,1-5H2,(H,14,15)/t8-,9-,10-,11+/m1/s1. The molecular weight excluding hydrogens is 308 g/mol. The van der Waals surface area contributed by atoms with Gasteiger partial charge in [-0.05, 0) is 5.41 Å². The van der Waals surface area contributed by atoms with Crippen LogP contribution in [-0.2, 0) is 9.47 Å². The first-order chi connectivity index (χ1) is 10.4. The van der Waals surface area contributed by atoms with Crippen LogP contribution in [0.4, 0.5) is 0 Å². The maximum absolute atomic E-state index is 5.55. The van der Waals surface area contributed by atoms with Gasteiger partial charge in [-0.25, -0.2) is 0 Å². The van der Waals surface area contributed by atoms with E-state index in [-0.39, 0.29) is 0 Å². The summed E-state index contributed by atoms with van der Waals surface area (Å²) in [6.45, 7) is 3.09. The highest BCUT2D eigenvalue weighted by Crippen LogP contribution is 2.38. The first-order valence-corrected chi connectivity index (χ1v) is 9.10. The maximum atomic E-state index is 5.55. The van der Waals surface area contributed by atoms with Crippen molar-refractivity contribution in [3.63, 3.8) is 0 Å². The lowest BCUT2D eigenvalue weighted by Gasteiger charge is -2.23. The van der Waals surface area contributed by atoms with Crippen LogP contribution in [-0.4, -0.2) is 71.6 Å². The predicted molar refractivity (Wildman–Crippen MR) is 84.8 cm³/mol. The smallest absolute Gasteiger partial charge is 0.168 e. The van der Waals surface area contributed by atoms with Crippen molar-refractivity contribution in [2.24, 2.45) is 9.98 Å². The molecule has 21 heavy (non-hydrogen) atoms. The Kier molecular flexibility index (Phi) is 2.99. The van der Waals surface area contributed by atoms with Crippen molar-refractivity contribution < 1.29 is 9.47 Å². The second-order valence-electron chi connectivity index (χ2n) is 5.76. The van der Waals surface area contributed by atoms with Crippen molar-refractivity contribution in [1.29, 1.82) is 0 Å². The van der Waals surface area contributed by atoms with Crippen LogP contribution in [0.25, 0.3) is 0 Å². The molecular formula is C13H16N4O2S2. The molecule has 0 bridgehead atoms. The third-order valence-corrected chi connectivity index (χ3v) is 6.28. The van der Waals surface area contributed by atoms with E-state index in [1.165, 1.54) is 5.70 Å². The average molecular weight is 324 g/mol. The Hall–Kier alpha value is -0.700. The zero-order valence-corrected chi connectivity index (χ0v) is 13.0. The topological polar surface area (TPSA) is 58.5 Å². The summed E-state index contributed by atoms with van der Waals surface area (Å²) in [4.78, 5) is 11.8. The van der Waals surface area contributed by atoms with Crippen LogP contribution in [0, 0.1) is 0 Å². The number of fused-ring (bicyclic) bond motifs is 4. The van der Waals surface area contributed by atoms with Crippen molar-refractivity contribution >= 4 is 33.9 Å². The monoisotopic (exact) mass is 324 g/mol. The molecule has 1 N–H and O–H groups in total. The van der Waals surface area contributed by atoms with Gasteiger partial charge in [0.15, 0.2) is 10.3 Å². The van der Waals surface area contributed by atoms with E-state index in [2.05, 4.69) is 15.6 Å². The number of nitrogens with zero attached hydrogens (tertiary/aromatic N) is 3. The fraction of sp³-hybridized carbons (Fsp3) is 0.692. The fourth-order valence-corrected chi connectivity index (χ4v) is 5.39. The Morgan fingerprint density at radius 1 is 1.24 bits per heavy atom. The van der Waals surface area contributed by atoms with E-state index in [9.17, 15) is 0 Å². The molecule has 2 fully saturated rings. The summed E-state index contributed by atoms with van der Waals surface area (Å²) in [5, 5.41) is 7.89. The summed E-state index contributed by atoms with van der Waals surface area (Å²) in [7, 11) is 0. The summed E-state index contributed by atoms with van der Waals surface area (Å²) in [5.74, 6) is 0.932. The molecule has 5 aliphatic heterocycles. The third kappa shape index (κ3) is 2.03. The molecule has 2 saturated heterocycles. The van der Waals surface area contributed by atoms with E-state index in [1.807, 2.05) is 0 Å². The maximum Gasteiger partial charge on any atom is 0.168 e. The average Bonchev–Trinajstić information content (AvgIpc) is 3.20. The van der Waals surface area contributed by atoms with Crippen molar-refractivity contribution in [2.75, 3.05) is 32.2 Å². The van der Waals surface area contributed by atoms with Gasteiger partial charge in [0.05, 0.1) is 50.6 Å². The van der Waals surface area contributed by atoms with Crippen LogP contribution in [0.2, 0.25) is 0 Å². The molecule has 5 aliphatic rings. The SMILES string of the molecule is C1=C(CSC2=N[C@@H]3COC[C@H]3N2)N2C(=N[C@@H]3COC[C@@H]32)S1. The van der Waals surface area contributed by atoms with Gasteiger partial charge in [-0.15, -0.1) is 0 Å². The lowest BCUT2D eigenvalue weighted by molar-refractivity contribution is 0.178. The molecule has 112 valence electrons. The highest BCUT2D eigenvalue weighted by molar-refractivity contribution is 8.17. The zero-order chi connectivity index (χ0) is 13.8. The summed E-state index contributed by atoms with van der Waals surface area (Å²) >= 11 is 3.53. The van der Waals surface area contributed by atoms with Crippen molar-refractivity contribution in [3.8, 4) is 0 Å². The second kappa shape index (κ2) is 4.91. The van der Waals surface area contributed by atoms with Gasteiger partial charge in [0.25, 0.3) is 0 Å². The summed E-state index contributed by atoms with van der Waals surface area (Å²) < 4.78 is 11.0. The Balaban J connectivity index is 1.25. The Labute approximate surface area is 131 Å². The Morgan fingerprint density at radius 3 is 3.10 bits per heavy atom. The van der Waals surface area contributed by atoms with E-state index in [1.54, 1.807) is 23.5 Å². The first kappa shape index (κ1) is 12.8. The molecule has 0 aliphatic carbocycles. The Morgan fingerprint density at radius 2 is 2.14 bits per heavy atom. The van der Waals surface area contributed by atoms with Crippen LogP contribution < -0.4 is 5.32 Å². The molecule has 0 aromatic heterocycles. The first-order valence-electron chi connectivity index (χ1n) is 7.24.